The quantitative estimate of drug-likeness (QED) is 0.335. The number of aromatic nitrogens is 5. The molecule has 1 aliphatic heterocycles. The summed E-state index contributed by atoms with van der Waals surface area (Å²) in [6.45, 7) is 2.66. The van der Waals surface area contributed by atoms with Gasteiger partial charge in [-0.25, -0.2) is 14.6 Å². The Hall–Kier alpha value is -4.57. The molecule has 1 saturated heterocycles. The van der Waals surface area contributed by atoms with E-state index in [1.54, 1.807) is 13.0 Å². The summed E-state index contributed by atoms with van der Waals surface area (Å²) in [7, 11) is 0. The fourth-order valence-electron chi connectivity index (χ4n) is 4.05. The van der Waals surface area contributed by atoms with Crippen LogP contribution in [0.15, 0.2) is 41.1 Å². The van der Waals surface area contributed by atoms with Gasteiger partial charge in [-0.05, 0) is 26.0 Å². The van der Waals surface area contributed by atoms with Crippen LogP contribution in [-0.4, -0.2) is 66.7 Å². The number of nitrogens with two attached hydrogens (primary N) is 1. The lowest BCUT2D eigenvalue weighted by Gasteiger charge is -2.37. The van der Waals surface area contributed by atoms with Crippen molar-refractivity contribution in [1.29, 1.82) is 0 Å². The SMILES string of the molecule is Cc1cc(N2CCO[C@H](C(C)(O)C(=O)Nc3ccc4c(N)noc4c3)C2=O)nn1-c1ccnc(C(F)(F)F)n1. The lowest BCUT2D eigenvalue weighted by atomic mass is 9.95. The number of alkyl halides is 3. The van der Waals surface area contributed by atoms with Gasteiger partial charge < -0.3 is 25.4 Å². The summed E-state index contributed by atoms with van der Waals surface area (Å²) in [4.78, 5) is 34.3. The van der Waals surface area contributed by atoms with Gasteiger partial charge in [-0.1, -0.05) is 5.16 Å². The first-order valence-electron chi connectivity index (χ1n) is 11.5. The number of aliphatic hydroxyl groups is 1. The van der Waals surface area contributed by atoms with Gasteiger partial charge in [0.15, 0.2) is 34.7 Å². The van der Waals surface area contributed by atoms with Gasteiger partial charge in [0, 0.05) is 35.8 Å². The number of amides is 2. The Kier molecular flexibility index (Phi) is 6.22. The number of hydrogen-bond donors (Lipinski definition) is 3. The number of nitrogens with zero attached hydrogens (tertiary/aromatic N) is 6. The highest BCUT2D eigenvalue weighted by atomic mass is 19.4. The third kappa shape index (κ3) is 4.74. The highest BCUT2D eigenvalue weighted by Gasteiger charge is 2.49. The molecule has 0 radical (unpaired) electrons. The van der Waals surface area contributed by atoms with Crippen molar-refractivity contribution in [3.63, 3.8) is 0 Å². The normalized spacial score (nSPS) is 17.8. The van der Waals surface area contributed by atoms with Crippen molar-refractivity contribution in [1.82, 2.24) is 24.9 Å². The summed E-state index contributed by atoms with van der Waals surface area (Å²) in [6, 6.07) is 7.25. The zero-order valence-electron chi connectivity index (χ0n) is 20.4. The molecule has 13 nitrogen and oxygen atoms in total. The number of ether oxygens (including phenoxy) is 1. The topological polar surface area (TPSA) is 175 Å². The Morgan fingerprint density at radius 1 is 1.23 bits per heavy atom. The Morgan fingerprint density at radius 2 is 2.00 bits per heavy atom. The van der Waals surface area contributed by atoms with E-state index in [9.17, 15) is 27.9 Å². The first-order chi connectivity index (χ1) is 18.4. The smallest absolute Gasteiger partial charge is 0.380 e. The van der Waals surface area contributed by atoms with Crippen LogP contribution in [0.5, 0.6) is 0 Å². The molecule has 39 heavy (non-hydrogen) atoms. The van der Waals surface area contributed by atoms with E-state index in [1.165, 1.54) is 29.2 Å². The molecule has 1 unspecified atom stereocenters. The van der Waals surface area contributed by atoms with E-state index in [-0.39, 0.29) is 36.3 Å². The zero-order chi connectivity index (χ0) is 28.1. The van der Waals surface area contributed by atoms with Gasteiger partial charge in [0.05, 0.1) is 18.5 Å². The van der Waals surface area contributed by atoms with Gasteiger partial charge in [0.25, 0.3) is 11.8 Å². The number of morpholine rings is 1. The molecule has 1 aromatic carbocycles. The van der Waals surface area contributed by atoms with Gasteiger partial charge in [-0.15, -0.1) is 5.10 Å². The number of anilines is 3. The molecular formula is C23H21F3N8O5. The molecule has 16 heteroatoms. The number of fused-ring (bicyclic) bond motifs is 1. The standard InChI is InChI=1S/C23H21F3N8O5/c1-11-9-16(31-34(11)15-5-6-28-20(30-15)23(24,25)26)33-7-8-38-17(19(33)35)22(2,37)21(36)29-12-3-4-13-14(10-12)39-32-18(13)27/h3-6,9-10,17,37H,7-8H2,1-2H3,(H2,27,32)(H,29,36)/t17-,22?/m0/s1. The molecule has 3 aromatic heterocycles. The van der Waals surface area contributed by atoms with E-state index in [1.807, 2.05) is 0 Å². The number of halogens is 3. The maximum absolute atomic E-state index is 13.3. The summed E-state index contributed by atoms with van der Waals surface area (Å²) >= 11 is 0. The van der Waals surface area contributed by atoms with Crippen molar-refractivity contribution in [2.24, 2.45) is 0 Å². The predicted octanol–water partition coefficient (Wildman–Crippen LogP) is 1.83. The first kappa shape index (κ1) is 26.1. The Bertz CT molecular complexity index is 1580. The average molecular weight is 546 g/mol. The second kappa shape index (κ2) is 9.32. The van der Waals surface area contributed by atoms with Crippen LogP contribution < -0.4 is 16.0 Å². The van der Waals surface area contributed by atoms with Crippen LogP contribution >= 0.6 is 0 Å². The molecule has 4 aromatic rings. The second-order valence-corrected chi connectivity index (χ2v) is 8.91. The minimum atomic E-state index is -4.76. The monoisotopic (exact) mass is 546 g/mol. The van der Waals surface area contributed by atoms with Crippen LogP contribution in [0.2, 0.25) is 0 Å². The summed E-state index contributed by atoms with van der Waals surface area (Å²) < 4.78 is 50.9. The number of nitrogen functional groups attached to an aromatic ring is 1. The molecule has 0 spiro atoms. The second-order valence-electron chi connectivity index (χ2n) is 8.91. The Labute approximate surface area is 217 Å². The lowest BCUT2D eigenvalue weighted by molar-refractivity contribution is -0.165. The fourth-order valence-corrected chi connectivity index (χ4v) is 4.05. The number of carbonyl (C=O) groups is 2. The third-order valence-corrected chi connectivity index (χ3v) is 6.08. The highest BCUT2D eigenvalue weighted by Crippen LogP contribution is 2.29. The van der Waals surface area contributed by atoms with Crippen LogP contribution in [0.25, 0.3) is 16.8 Å². The molecule has 4 N–H and O–H groups in total. The minimum absolute atomic E-state index is 0.0185. The van der Waals surface area contributed by atoms with Crippen molar-refractivity contribution in [2.45, 2.75) is 31.7 Å². The van der Waals surface area contributed by atoms with E-state index in [0.717, 1.165) is 17.8 Å². The number of benzene rings is 1. The average Bonchev–Trinajstić information content (AvgIpc) is 3.45. The molecular weight excluding hydrogens is 525 g/mol. The number of carbonyl (C=O) groups excluding carboxylic acids is 2. The van der Waals surface area contributed by atoms with Crippen LogP contribution in [0, 0.1) is 6.92 Å². The summed E-state index contributed by atoms with van der Waals surface area (Å²) in [6.07, 6.45) is -5.42. The number of rotatable bonds is 5. The maximum atomic E-state index is 13.3. The van der Waals surface area contributed by atoms with Crippen LogP contribution in [0.1, 0.15) is 18.4 Å². The van der Waals surface area contributed by atoms with Crippen molar-refractivity contribution in [3.05, 3.63) is 48.0 Å². The predicted molar refractivity (Wildman–Crippen MR) is 129 cm³/mol. The Balaban J connectivity index is 1.37. The van der Waals surface area contributed by atoms with E-state index in [0.29, 0.717) is 16.7 Å². The molecule has 2 atom stereocenters. The number of hydrogen-bond acceptors (Lipinski definition) is 10. The lowest BCUT2D eigenvalue weighted by Crippen LogP contribution is -2.61. The van der Waals surface area contributed by atoms with Crippen molar-refractivity contribution in [2.75, 3.05) is 29.1 Å². The van der Waals surface area contributed by atoms with Crippen LogP contribution in [-0.2, 0) is 20.5 Å². The van der Waals surface area contributed by atoms with Crippen LogP contribution in [0.4, 0.5) is 30.5 Å². The summed E-state index contributed by atoms with van der Waals surface area (Å²) in [5.74, 6) is -2.96. The Morgan fingerprint density at radius 3 is 2.74 bits per heavy atom. The molecule has 0 bridgehead atoms. The van der Waals surface area contributed by atoms with Gasteiger partial charge in [0.1, 0.15) is 0 Å². The van der Waals surface area contributed by atoms with Gasteiger partial charge in [-0.3, -0.25) is 14.5 Å². The van der Waals surface area contributed by atoms with Crippen molar-refractivity contribution in [3.8, 4) is 5.82 Å². The third-order valence-electron chi connectivity index (χ3n) is 6.08. The summed E-state index contributed by atoms with van der Waals surface area (Å²) in [5.41, 5.74) is 4.30. The molecule has 5 rings (SSSR count). The molecule has 204 valence electrons. The highest BCUT2D eigenvalue weighted by molar-refractivity contribution is 6.06. The fraction of sp³-hybridized carbons (Fsp3) is 0.304. The molecule has 1 fully saturated rings. The van der Waals surface area contributed by atoms with E-state index >= 15 is 0 Å². The van der Waals surface area contributed by atoms with E-state index in [2.05, 4.69) is 25.5 Å². The van der Waals surface area contributed by atoms with Gasteiger partial charge in [-0.2, -0.15) is 13.2 Å². The molecule has 0 saturated carbocycles. The van der Waals surface area contributed by atoms with Crippen molar-refractivity contribution < 1.29 is 37.1 Å². The number of aryl methyl sites for hydroxylation is 1. The zero-order valence-corrected chi connectivity index (χ0v) is 20.4. The molecule has 0 aliphatic carbocycles. The van der Waals surface area contributed by atoms with E-state index < -0.39 is 35.5 Å². The number of nitrogens with one attached hydrogen (secondary N) is 1. The van der Waals surface area contributed by atoms with Crippen LogP contribution in [0.3, 0.4) is 0 Å². The van der Waals surface area contributed by atoms with E-state index in [4.69, 9.17) is 15.0 Å². The maximum Gasteiger partial charge on any atom is 0.451 e. The minimum Gasteiger partial charge on any atom is -0.380 e. The molecule has 2 amide bonds. The molecule has 1 aliphatic rings. The van der Waals surface area contributed by atoms with Gasteiger partial charge >= 0.3 is 6.18 Å². The largest absolute Gasteiger partial charge is 0.451 e. The first-order valence-corrected chi connectivity index (χ1v) is 11.5. The molecule has 4 heterocycles. The van der Waals surface area contributed by atoms with Gasteiger partial charge in [0.2, 0.25) is 5.82 Å². The van der Waals surface area contributed by atoms with Crippen molar-refractivity contribution >= 4 is 40.1 Å². The summed E-state index contributed by atoms with van der Waals surface area (Å²) in [5, 5.41) is 22.0.